The molecule has 2 heterocycles. The molecule has 1 aromatic carbocycles. The molecule has 5 nitrogen and oxygen atoms in total. The third-order valence-corrected chi connectivity index (χ3v) is 4.37. The lowest BCUT2D eigenvalue weighted by Gasteiger charge is -2.17. The van der Waals surface area contributed by atoms with Crippen molar-refractivity contribution in [1.82, 2.24) is 0 Å². The van der Waals surface area contributed by atoms with Crippen LogP contribution < -0.4 is 10.2 Å². The fraction of sp³-hybridized carbons (Fsp3) is 0.250. The van der Waals surface area contributed by atoms with E-state index < -0.39 is 0 Å². The van der Waals surface area contributed by atoms with Crippen LogP contribution in [-0.4, -0.2) is 32.1 Å². The van der Waals surface area contributed by atoms with Crippen LogP contribution in [0, 0.1) is 0 Å². The second-order valence-corrected chi connectivity index (χ2v) is 5.96. The highest BCUT2D eigenvalue weighted by molar-refractivity contribution is 7.12. The number of hydrogen-bond donors (Lipinski definition) is 1. The number of benzene rings is 1. The molecule has 1 aliphatic rings. The molecular weight excluding hydrogens is 300 g/mol. The van der Waals surface area contributed by atoms with E-state index in [1.807, 2.05) is 35.7 Å². The molecule has 114 valence electrons. The summed E-state index contributed by atoms with van der Waals surface area (Å²) in [6.45, 7) is 0.677. The van der Waals surface area contributed by atoms with Crippen LogP contribution in [0.1, 0.15) is 15.2 Å². The van der Waals surface area contributed by atoms with Gasteiger partial charge in [-0.25, -0.2) is 0 Å². The Morgan fingerprint density at radius 2 is 2.23 bits per heavy atom. The summed E-state index contributed by atoms with van der Waals surface area (Å²) in [5, 5.41) is 4.66. The predicted octanol–water partition coefficient (Wildman–Crippen LogP) is 2.54. The number of fused-ring (bicyclic) bond motifs is 1. The molecule has 0 aliphatic carbocycles. The molecule has 22 heavy (non-hydrogen) atoms. The van der Waals surface area contributed by atoms with Gasteiger partial charge >= 0.3 is 0 Å². The van der Waals surface area contributed by atoms with Gasteiger partial charge in [0.1, 0.15) is 6.61 Å². The summed E-state index contributed by atoms with van der Waals surface area (Å²) in [6, 6.07) is 9.36. The van der Waals surface area contributed by atoms with Gasteiger partial charge in [-0.1, -0.05) is 12.1 Å². The van der Waals surface area contributed by atoms with Crippen LogP contribution >= 0.6 is 11.3 Å². The number of nitrogens with zero attached hydrogens (tertiary/aromatic N) is 1. The minimum Gasteiger partial charge on any atom is -0.375 e. The van der Waals surface area contributed by atoms with Crippen LogP contribution in [0.25, 0.3) is 0 Å². The largest absolute Gasteiger partial charge is 0.375 e. The first-order valence-corrected chi connectivity index (χ1v) is 7.84. The van der Waals surface area contributed by atoms with Crippen LogP contribution in [0.2, 0.25) is 0 Å². The number of methoxy groups -OCH3 is 1. The van der Waals surface area contributed by atoms with Gasteiger partial charge in [-0.3, -0.25) is 9.59 Å². The predicted molar refractivity (Wildman–Crippen MR) is 86.6 cm³/mol. The number of carbonyl (C=O) groups is 2. The Morgan fingerprint density at radius 3 is 2.95 bits per heavy atom. The molecule has 0 saturated carbocycles. The minimum atomic E-state index is -0.211. The average molecular weight is 316 g/mol. The highest BCUT2D eigenvalue weighted by Gasteiger charge is 2.26. The van der Waals surface area contributed by atoms with E-state index >= 15 is 0 Å². The van der Waals surface area contributed by atoms with Gasteiger partial charge in [0.15, 0.2) is 0 Å². The first-order chi connectivity index (χ1) is 10.7. The van der Waals surface area contributed by atoms with E-state index in [4.69, 9.17) is 4.74 Å². The second-order valence-electron chi connectivity index (χ2n) is 5.01. The minimum absolute atomic E-state index is 0.00844. The van der Waals surface area contributed by atoms with Crippen LogP contribution in [0.15, 0.2) is 35.7 Å². The Labute approximate surface area is 132 Å². The molecule has 0 atom stereocenters. The van der Waals surface area contributed by atoms with Crippen molar-refractivity contribution in [2.75, 3.05) is 30.5 Å². The maximum atomic E-state index is 12.5. The zero-order chi connectivity index (χ0) is 15.5. The summed E-state index contributed by atoms with van der Waals surface area (Å²) in [6.07, 6.45) is 0.832. The number of hydrogen-bond acceptors (Lipinski definition) is 4. The molecule has 2 aromatic rings. The molecule has 0 spiro atoms. The quantitative estimate of drug-likeness (QED) is 0.943. The number of amides is 2. The summed E-state index contributed by atoms with van der Waals surface area (Å²) in [5.41, 5.74) is 2.66. The Balaban J connectivity index is 1.83. The molecule has 1 N–H and O–H groups in total. The van der Waals surface area contributed by atoms with Gasteiger partial charge in [0.25, 0.3) is 5.91 Å². The zero-order valence-corrected chi connectivity index (χ0v) is 13.0. The normalized spacial score (nSPS) is 13.0. The van der Waals surface area contributed by atoms with Crippen molar-refractivity contribution < 1.29 is 14.3 Å². The number of ether oxygens (including phenoxy) is 1. The fourth-order valence-electron chi connectivity index (χ4n) is 2.53. The Morgan fingerprint density at radius 1 is 1.36 bits per heavy atom. The fourth-order valence-corrected chi connectivity index (χ4v) is 3.20. The topological polar surface area (TPSA) is 58.6 Å². The third kappa shape index (κ3) is 2.88. The van der Waals surface area contributed by atoms with Gasteiger partial charge < -0.3 is 15.0 Å². The maximum Gasteiger partial charge on any atom is 0.268 e. The van der Waals surface area contributed by atoms with Gasteiger partial charge in [0.05, 0.1) is 4.88 Å². The molecule has 0 saturated heterocycles. The number of thiophene rings is 1. The molecular formula is C16H16N2O3S. The van der Waals surface area contributed by atoms with E-state index in [1.54, 1.807) is 4.90 Å². The summed E-state index contributed by atoms with van der Waals surface area (Å²) in [5.74, 6) is -0.203. The van der Waals surface area contributed by atoms with Crippen molar-refractivity contribution in [2.45, 2.75) is 6.42 Å². The number of rotatable bonds is 4. The molecule has 1 aliphatic heterocycles. The standard InChI is InChI=1S/C16H16N2O3S/c1-21-10-15(19)17-12-5-4-11-6-7-18(13(11)9-12)16(20)14-3-2-8-22-14/h2-5,8-9H,6-7,10H2,1H3,(H,17,19). The monoisotopic (exact) mass is 316 g/mol. The average Bonchev–Trinajstić information content (AvgIpc) is 3.16. The highest BCUT2D eigenvalue weighted by Crippen LogP contribution is 2.32. The number of carbonyl (C=O) groups excluding carboxylic acids is 2. The summed E-state index contributed by atoms with van der Waals surface area (Å²) in [7, 11) is 1.48. The second kappa shape index (κ2) is 6.29. The van der Waals surface area contributed by atoms with Crippen molar-refractivity contribution >= 4 is 34.5 Å². The first kappa shape index (κ1) is 14.7. The summed E-state index contributed by atoms with van der Waals surface area (Å²) in [4.78, 5) is 26.6. The smallest absolute Gasteiger partial charge is 0.268 e. The lowest BCUT2D eigenvalue weighted by Crippen LogP contribution is -2.28. The Kier molecular flexibility index (Phi) is 4.22. The first-order valence-electron chi connectivity index (χ1n) is 6.96. The van der Waals surface area contributed by atoms with E-state index in [0.29, 0.717) is 12.2 Å². The van der Waals surface area contributed by atoms with E-state index in [1.165, 1.54) is 18.4 Å². The van der Waals surface area contributed by atoms with Crippen molar-refractivity contribution in [2.24, 2.45) is 0 Å². The van der Waals surface area contributed by atoms with Crippen LogP contribution in [0.3, 0.4) is 0 Å². The van der Waals surface area contributed by atoms with Gasteiger partial charge in [-0.05, 0) is 35.6 Å². The van der Waals surface area contributed by atoms with Crippen molar-refractivity contribution in [3.63, 3.8) is 0 Å². The molecule has 0 bridgehead atoms. The lowest BCUT2D eigenvalue weighted by molar-refractivity contribution is -0.119. The molecule has 6 heteroatoms. The molecule has 2 amide bonds. The van der Waals surface area contributed by atoms with Crippen LogP contribution in [-0.2, 0) is 16.0 Å². The SMILES string of the molecule is COCC(=O)Nc1ccc2c(c1)N(C(=O)c1cccs1)CC2. The highest BCUT2D eigenvalue weighted by atomic mass is 32.1. The number of nitrogens with one attached hydrogen (secondary N) is 1. The van der Waals surface area contributed by atoms with Crippen molar-refractivity contribution in [3.05, 3.63) is 46.2 Å². The maximum absolute atomic E-state index is 12.5. The Hall–Kier alpha value is -2.18. The van der Waals surface area contributed by atoms with Gasteiger partial charge in [0, 0.05) is 25.0 Å². The third-order valence-electron chi connectivity index (χ3n) is 3.52. The number of anilines is 2. The van der Waals surface area contributed by atoms with Crippen molar-refractivity contribution in [1.29, 1.82) is 0 Å². The Bertz CT molecular complexity index is 697. The van der Waals surface area contributed by atoms with E-state index in [0.717, 1.165) is 22.5 Å². The molecule has 0 radical (unpaired) electrons. The van der Waals surface area contributed by atoms with E-state index in [-0.39, 0.29) is 18.4 Å². The van der Waals surface area contributed by atoms with Crippen molar-refractivity contribution in [3.8, 4) is 0 Å². The molecule has 0 fully saturated rings. The molecule has 3 rings (SSSR count). The molecule has 1 aromatic heterocycles. The molecule has 0 unspecified atom stereocenters. The van der Waals surface area contributed by atoms with Crippen LogP contribution in [0.4, 0.5) is 11.4 Å². The van der Waals surface area contributed by atoms with Gasteiger partial charge in [-0.2, -0.15) is 0 Å². The van der Waals surface area contributed by atoms with Crippen LogP contribution in [0.5, 0.6) is 0 Å². The summed E-state index contributed by atoms with van der Waals surface area (Å²) >= 11 is 1.44. The summed E-state index contributed by atoms with van der Waals surface area (Å²) < 4.78 is 4.80. The van der Waals surface area contributed by atoms with E-state index in [9.17, 15) is 9.59 Å². The van der Waals surface area contributed by atoms with Gasteiger partial charge in [0.2, 0.25) is 5.91 Å². The lowest BCUT2D eigenvalue weighted by atomic mass is 10.1. The zero-order valence-electron chi connectivity index (χ0n) is 12.2. The van der Waals surface area contributed by atoms with E-state index in [2.05, 4.69) is 5.32 Å². The van der Waals surface area contributed by atoms with Gasteiger partial charge in [-0.15, -0.1) is 11.3 Å².